The van der Waals surface area contributed by atoms with Crippen molar-refractivity contribution < 1.29 is 28.6 Å². The van der Waals surface area contributed by atoms with Gasteiger partial charge in [-0.3, -0.25) is 14.4 Å². The van der Waals surface area contributed by atoms with E-state index >= 15 is 0 Å². The van der Waals surface area contributed by atoms with Gasteiger partial charge in [-0.05, 0) is 90.9 Å². The van der Waals surface area contributed by atoms with Crippen LogP contribution in [0.3, 0.4) is 0 Å². The van der Waals surface area contributed by atoms with E-state index in [0.29, 0.717) is 51.0 Å². The molecule has 0 rings (SSSR count). The van der Waals surface area contributed by atoms with Gasteiger partial charge in [-0.1, -0.05) is 135 Å². The highest BCUT2D eigenvalue weighted by atomic mass is 16.7. The van der Waals surface area contributed by atoms with Crippen molar-refractivity contribution in [3.05, 3.63) is 36.1 Å². The Bertz CT molecular complexity index is 1150. The Balaban J connectivity index is 4.91. The molecule has 0 aromatic carbocycles. The number of hydroxylamine groups is 1. The van der Waals surface area contributed by atoms with Crippen molar-refractivity contribution in [2.24, 2.45) is 17.8 Å². The Hall–Kier alpha value is -2.74. The summed E-state index contributed by atoms with van der Waals surface area (Å²) < 4.78 is 17.9. The maximum atomic E-state index is 13.1. The molecular formula is C48H83NO6. The van der Waals surface area contributed by atoms with Crippen LogP contribution in [0.1, 0.15) is 196 Å². The highest BCUT2D eigenvalue weighted by Crippen LogP contribution is 2.27. The number of hydrogen-bond acceptors (Lipinski definition) is 7. The molecule has 55 heavy (non-hydrogen) atoms. The third-order valence-corrected chi connectivity index (χ3v) is 9.64. The van der Waals surface area contributed by atoms with Gasteiger partial charge < -0.3 is 14.2 Å². The summed E-state index contributed by atoms with van der Waals surface area (Å²) in [4.78, 5) is 31.4. The molecule has 0 heterocycles. The number of ether oxygens (including phenoxy) is 3. The lowest BCUT2D eigenvalue weighted by atomic mass is 9.93. The summed E-state index contributed by atoms with van der Waals surface area (Å²) >= 11 is 0. The molecule has 0 saturated carbocycles. The van der Waals surface area contributed by atoms with Crippen LogP contribution in [0.2, 0.25) is 0 Å². The number of Topliss-reactive ketones (excluding diaryl/α,β-unsaturated/α-hetero) is 1. The van der Waals surface area contributed by atoms with Crippen LogP contribution in [0.5, 0.6) is 0 Å². The Labute approximate surface area is 338 Å². The van der Waals surface area contributed by atoms with E-state index in [2.05, 4.69) is 69.6 Å². The zero-order valence-corrected chi connectivity index (χ0v) is 36.7. The minimum Gasteiger partial charge on any atom is -0.490 e. The van der Waals surface area contributed by atoms with E-state index in [4.69, 9.17) is 19.0 Å². The van der Waals surface area contributed by atoms with Crippen LogP contribution >= 0.6 is 0 Å². The summed E-state index contributed by atoms with van der Waals surface area (Å²) in [5.41, 5.74) is 8.69. The molecule has 7 nitrogen and oxygen atoms in total. The Morgan fingerprint density at radius 1 is 0.582 bits per heavy atom. The molecule has 0 radical (unpaired) electrons. The predicted octanol–water partition coefficient (Wildman–Crippen LogP) is 12.7. The van der Waals surface area contributed by atoms with Crippen LogP contribution in [0.25, 0.3) is 0 Å². The molecule has 0 saturated heterocycles. The molecule has 0 spiro atoms. The highest BCUT2D eigenvalue weighted by Gasteiger charge is 2.20. The van der Waals surface area contributed by atoms with Crippen LogP contribution in [-0.4, -0.2) is 43.7 Å². The van der Waals surface area contributed by atoms with Crippen LogP contribution in [0.15, 0.2) is 36.1 Å². The standard InChI is InChI=1S/C48H83NO6/c1-10-16-20-24-31-41(29-18-12-3)45(14-5)52-38-26-22-23-27-39-54-47(51)43(36-37-49-55-48(7,8)9)34-35-44(50)33-28-40-53-46(15-6)42(30-19-13-4)32-25-21-17-11-2/h41-43,49H,5-6,10-13,16-33,36-40H2,1-4,7-9H3/t41?,42?,43-/m0/s1. The topological polar surface area (TPSA) is 83.1 Å². The lowest BCUT2D eigenvalue weighted by molar-refractivity contribution is -0.147. The number of nitrogens with one attached hydrogen (secondary N) is 1. The Kier molecular flexibility index (Phi) is 33.9. The maximum Gasteiger partial charge on any atom is 0.321 e. The summed E-state index contributed by atoms with van der Waals surface area (Å²) in [6, 6.07) is 0. The van der Waals surface area contributed by atoms with Gasteiger partial charge in [-0.2, -0.15) is 0 Å². The zero-order valence-electron chi connectivity index (χ0n) is 36.7. The van der Waals surface area contributed by atoms with Gasteiger partial charge in [0.2, 0.25) is 5.78 Å². The average molecular weight is 770 g/mol. The van der Waals surface area contributed by atoms with E-state index in [9.17, 15) is 9.59 Å². The molecule has 0 aromatic heterocycles. The van der Waals surface area contributed by atoms with Gasteiger partial charge in [0.15, 0.2) is 0 Å². The SMILES string of the molecule is C=C=C(OCCCCCCOC(=O)[C@@H](C#CC(=O)CCCOC(=C=C)C(CCCC)CCCCCC)CCNOC(C)(C)C)C(CCCC)CCCCCC. The minimum absolute atomic E-state index is 0.212. The third-order valence-electron chi connectivity index (χ3n) is 9.64. The molecule has 3 atom stereocenters. The zero-order chi connectivity index (χ0) is 41.0. The van der Waals surface area contributed by atoms with Gasteiger partial charge in [-0.25, -0.2) is 5.48 Å². The lowest BCUT2D eigenvalue weighted by Crippen LogP contribution is -2.31. The molecule has 0 amide bonds. The lowest BCUT2D eigenvalue weighted by Gasteiger charge is -2.20. The molecule has 2 unspecified atom stereocenters. The fourth-order valence-corrected chi connectivity index (χ4v) is 6.35. The molecule has 7 heteroatoms. The van der Waals surface area contributed by atoms with Gasteiger partial charge >= 0.3 is 5.97 Å². The van der Waals surface area contributed by atoms with Gasteiger partial charge in [0.25, 0.3) is 0 Å². The van der Waals surface area contributed by atoms with Crippen molar-refractivity contribution in [2.75, 3.05) is 26.4 Å². The van der Waals surface area contributed by atoms with E-state index in [1.165, 1.54) is 64.2 Å². The Morgan fingerprint density at radius 3 is 1.51 bits per heavy atom. The molecular weight excluding hydrogens is 687 g/mol. The van der Waals surface area contributed by atoms with Crippen molar-refractivity contribution in [3.8, 4) is 11.8 Å². The Morgan fingerprint density at radius 2 is 1.04 bits per heavy atom. The molecule has 0 bridgehead atoms. The first kappa shape index (κ1) is 52.3. The minimum atomic E-state index is -0.723. The predicted molar refractivity (Wildman–Crippen MR) is 229 cm³/mol. The van der Waals surface area contributed by atoms with Crippen molar-refractivity contribution >= 4 is 11.8 Å². The summed E-state index contributed by atoms with van der Waals surface area (Å²) in [5, 5.41) is 0. The van der Waals surface area contributed by atoms with E-state index in [-0.39, 0.29) is 17.8 Å². The second-order valence-corrected chi connectivity index (χ2v) is 16.0. The summed E-state index contributed by atoms with van der Waals surface area (Å²) in [6.07, 6.45) is 23.8. The molecule has 0 aliphatic rings. The number of unbranched alkanes of at least 4 members (excludes halogenated alkanes) is 11. The van der Waals surface area contributed by atoms with Gasteiger partial charge in [0.05, 0.1) is 25.4 Å². The van der Waals surface area contributed by atoms with E-state index in [1.54, 1.807) is 0 Å². The molecule has 1 N–H and O–H groups in total. The molecule has 0 aliphatic carbocycles. The monoisotopic (exact) mass is 770 g/mol. The van der Waals surface area contributed by atoms with Gasteiger partial charge in [0, 0.05) is 24.8 Å². The average Bonchev–Trinajstić information content (AvgIpc) is 3.16. The second-order valence-electron chi connectivity index (χ2n) is 16.0. The molecule has 0 fully saturated rings. The highest BCUT2D eigenvalue weighted by molar-refractivity contribution is 5.96. The number of carbonyl (C=O) groups is 2. The fourth-order valence-electron chi connectivity index (χ4n) is 6.35. The summed E-state index contributed by atoms with van der Waals surface area (Å²) in [7, 11) is 0. The summed E-state index contributed by atoms with van der Waals surface area (Å²) in [6.45, 7) is 24.4. The first-order valence-corrected chi connectivity index (χ1v) is 22.2. The largest absolute Gasteiger partial charge is 0.490 e. The van der Waals surface area contributed by atoms with E-state index in [1.807, 2.05) is 20.8 Å². The first-order valence-electron chi connectivity index (χ1n) is 22.2. The quantitative estimate of drug-likeness (QED) is 0.0129. The van der Waals surface area contributed by atoms with Crippen molar-refractivity contribution in [3.63, 3.8) is 0 Å². The van der Waals surface area contributed by atoms with Gasteiger partial charge in [0.1, 0.15) is 17.4 Å². The van der Waals surface area contributed by atoms with E-state index in [0.717, 1.165) is 75.7 Å². The van der Waals surface area contributed by atoms with Crippen molar-refractivity contribution in [1.82, 2.24) is 5.48 Å². The number of rotatable bonds is 36. The number of ketones is 1. The second kappa shape index (κ2) is 35.7. The van der Waals surface area contributed by atoms with Crippen LogP contribution in [0, 0.1) is 29.6 Å². The van der Waals surface area contributed by atoms with Crippen molar-refractivity contribution in [2.45, 2.75) is 202 Å². The fraction of sp³-hybridized carbons (Fsp3) is 0.792. The van der Waals surface area contributed by atoms with Crippen molar-refractivity contribution in [1.29, 1.82) is 0 Å². The van der Waals surface area contributed by atoms with Gasteiger partial charge in [-0.15, -0.1) is 0 Å². The maximum absolute atomic E-state index is 13.1. The smallest absolute Gasteiger partial charge is 0.321 e. The summed E-state index contributed by atoms with van der Waals surface area (Å²) in [5.74, 6) is 6.78. The van der Waals surface area contributed by atoms with Crippen LogP contribution < -0.4 is 5.48 Å². The van der Waals surface area contributed by atoms with E-state index < -0.39 is 11.9 Å². The molecule has 316 valence electrons. The number of hydrogen-bond donors (Lipinski definition) is 1. The molecule has 0 aliphatic heterocycles. The third kappa shape index (κ3) is 30.1. The van der Waals surface area contributed by atoms with Crippen LogP contribution in [0.4, 0.5) is 0 Å². The normalized spacial score (nSPS) is 12.7. The number of allylic oxidation sites excluding steroid dienone is 2. The van der Waals surface area contributed by atoms with Crippen LogP contribution in [-0.2, 0) is 28.6 Å². The number of carbonyl (C=O) groups excluding carboxylic acids is 2. The molecule has 0 aromatic rings. The number of esters is 1. The first-order chi connectivity index (χ1) is 26.6.